The summed E-state index contributed by atoms with van der Waals surface area (Å²) in [5.74, 6) is 0.301. The van der Waals surface area contributed by atoms with Crippen molar-refractivity contribution in [3.05, 3.63) is 36.3 Å². The van der Waals surface area contributed by atoms with Gasteiger partial charge in [-0.25, -0.2) is 4.98 Å². The zero-order valence-corrected chi connectivity index (χ0v) is 11.6. The second-order valence-corrected chi connectivity index (χ2v) is 4.75. The number of carbonyl (C=O) groups excluding carboxylic acids is 1. The van der Waals surface area contributed by atoms with Crippen LogP contribution in [0.3, 0.4) is 0 Å². The minimum Gasteiger partial charge on any atom is -0.355 e. The van der Waals surface area contributed by atoms with Crippen LogP contribution >= 0.6 is 0 Å². The van der Waals surface area contributed by atoms with Gasteiger partial charge in [0.1, 0.15) is 5.65 Å². The first kappa shape index (κ1) is 13.6. The lowest BCUT2D eigenvalue weighted by Crippen LogP contribution is -2.31. The molecule has 4 nitrogen and oxygen atoms in total. The minimum absolute atomic E-state index is 0.140. The number of amides is 1. The summed E-state index contributed by atoms with van der Waals surface area (Å²) in [6.45, 7) is 4.75. The molecule has 2 aromatic heterocycles. The first-order valence-corrected chi connectivity index (χ1v) is 6.95. The van der Waals surface area contributed by atoms with Gasteiger partial charge in [0.25, 0.3) is 0 Å². The average Bonchev–Trinajstić information content (AvgIpc) is 2.82. The van der Waals surface area contributed by atoms with Crippen molar-refractivity contribution >= 4 is 11.6 Å². The molecule has 0 saturated heterocycles. The number of carbonyl (C=O) groups is 1. The quantitative estimate of drug-likeness (QED) is 0.866. The van der Waals surface area contributed by atoms with E-state index in [1.165, 1.54) is 0 Å². The van der Waals surface area contributed by atoms with Crippen LogP contribution in [0.25, 0.3) is 5.65 Å². The molecule has 0 atom stereocenters. The fraction of sp³-hybridized carbons (Fsp3) is 0.467. The number of pyridine rings is 1. The third-order valence-electron chi connectivity index (χ3n) is 3.45. The number of hydrogen-bond donors (Lipinski definition) is 1. The van der Waals surface area contributed by atoms with Crippen molar-refractivity contribution in [1.29, 1.82) is 0 Å². The van der Waals surface area contributed by atoms with Gasteiger partial charge in [-0.15, -0.1) is 0 Å². The predicted molar refractivity (Wildman–Crippen MR) is 76.0 cm³/mol. The van der Waals surface area contributed by atoms with E-state index in [1.54, 1.807) is 0 Å². The van der Waals surface area contributed by atoms with E-state index in [2.05, 4.69) is 24.1 Å². The van der Waals surface area contributed by atoms with Gasteiger partial charge in [0, 0.05) is 31.3 Å². The third-order valence-corrected chi connectivity index (χ3v) is 3.45. The molecule has 2 aromatic rings. The first-order valence-electron chi connectivity index (χ1n) is 6.95. The van der Waals surface area contributed by atoms with Crippen molar-refractivity contribution in [1.82, 2.24) is 14.7 Å². The third kappa shape index (κ3) is 3.34. The van der Waals surface area contributed by atoms with E-state index >= 15 is 0 Å². The average molecular weight is 259 g/mol. The molecule has 0 unspecified atom stereocenters. The van der Waals surface area contributed by atoms with Gasteiger partial charge in [-0.1, -0.05) is 19.9 Å². The number of nitrogens with one attached hydrogen (secondary N) is 1. The molecule has 0 spiro atoms. The fourth-order valence-electron chi connectivity index (χ4n) is 2.23. The lowest BCUT2D eigenvalue weighted by molar-refractivity contribution is -0.125. The van der Waals surface area contributed by atoms with Crippen molar-refractivity contribution in [3.8, 4) is 0 Å². The molecular formula is C15H21N3O. The molecule has 2 rings (SSSR count). The Kier molecular flexibility index (Phi) is 4.55. The maximum atomic E-state index is 11.8. The standard InChI is InChI=1S/C15H21N3O/c1-3-12(4-2)15(19)16-9-8-13-11-18-10-6-5-7-14(18)17-13/h5-7,10-12H,3-4,8-9H2,1-2H3,(H,16,19). The molecule has 0 saturated carbocycles. The van der Waals surface area contributed by atoms with Gasteiger partial charge < -0.3 is 9.72 Å². The van der Waals surface area contributed by atoms with Gasteiger partial charge in [0.15, 0.2) is 0 Å². The van der Waals surface area contributed by atoms with Gasteiger partial charge in [-0.05, 0) is 25.0 Å². The first-order chi connectivity index (χ1) is 9.24. The summed E-state index contributed by atoms with van der Waals surface area (Å²) < 4.78 is 2.00. The van der Waals surface area contributed by atoms with Crippen molar-refractivity contribution in [2.75, 3.05) is 6.54 Å². The summed E-state index contributed by atoms with van der Waals surface area (Å²) in [7, 11) is 0. The molecule has 0 bridgehead atoms. The van der Waals surface area contributed by atoms with Gasteiger partial charge in [-0.2, -0.15) is 0 Å². The molecule has 0 aliphatic carbocycles. The van der Waals surface area contributed by atoms with Crippen LogP contribution in [0, 0.1) is 5.92 Å². The summed E-state index contributed by atoms with van der Waals surface area (Å²) in [6.07, 6.45) is 6.56. The summed E-state index contributed by atoms with van der Waals surface area (Å²) in [5, 5.41) is 2.99. The number of fused-ring (bicyclic) bond motifs is 1. The van der Waals surface area contributed by atoms with Crippen molar-refractivity contribution in [2.45, 2.75) is 33.1 Å². The van der Waals surface area contributed by atoms with Gasteiger partial charge in [-0.3, -0.25) is 4.79 Å². The minimum atomic E-state index is 0.140. The SMILES string of the molecule is CCC(CC)C(=O)NCCc1cn2ccccc2n1. The lowest BCUT2D eigenvalue weighted by atomic mass is 10.0. The van der Waals surface area contributed by atoms with Crippen molar-refractivity contribution in [3.63, 3.8) is 0 Å². The Morgan fingerprint density at radius 2 is 2.16 bits per heavy atom. The topological polar surface area (TPSA) is 46.4 Å². The highest BCUT2D eigenvalue weighted by Gasteiger charge is 2.13. The molecule has 1 N–H and O–H groups in total. The largest absolute Gasteiger partial charge is 0.355 e. The molecule has 0 radical (unpaired) electrons. The molecule has 4 heteroatoms. The predicted octanol–water partition coefficient (Wildman–Crippen LogP) is 2.43. The molecule has 0 fully saturated rings. The smallest absolute Gasteiger partial charge is 0.223 e. The van der Waals surface area contributed by atoms with Crippen LogP contribution in [0.5, 0.6) is 0 Å². The van der Waals surface area contributed by atoms with Gasteiger partial charge in [0.2, 0.25) is 5.91 Å². The van der Waals surface area contributed by atoms with Crippen LogP contribution in [-0.4, -0.2) is 21.8 Å². The molecular weight excluding hydrogens is 238 g/mol. The Hall–Kier alpha value is -1.84. The van der Waals surface area contributed by atoms with E-state index in [1.807, 2.05) is 35.0 Å². The van der Waals surface area contributed by atoms with E-state index in [0.29, 0.717) is 6.54 Å². The molecule has 102 valence electrons. The van der Waals surface area contributed by atoms with Crippen LogP contribution in [0.15, 0.2) is 30.6 Å². The zero-order valence-electron chi connectivity index (χ0n) is 11.6. The Morgan fingerprint density at radius 3 is 2.84 bits per heavy atom. The summed E-state index contributed by atoms with van der Waals surface area (Å²) >= 11 is 0. The molecule has 2 heterocycles. The monoisotopic (exact) mass is 259 g/mol. The number of hydrogen-bond acceptors (Lipinski definition) is 2. The summed E-state index contributed by atoms with van der Waals surface area (Å²) in [5.41, 5.74) is 1.96. The summed E-state index contributed by atoms with van der Waals surface area (Å²) in [4.78, 5) is 16.3. The normalized spacial score (nSPS) is 11.1. The highest BCUT2D eigenvalue weighted by atomic mass is 16.1. The van der Waals surface area contributed by atoms with Crippen LogP contribution in [0.4, 0.5) is 0 Å². The molecule has 1 amide bonds. The Morgan fingerprint density at radius 1 is 1.37 bits per heavy atom. The van der Waals surface area contributed by atoms with E-state index < -0.39 is 0 Å². The van der Waals surface area contributed by atoms with Crippen molar-refractivity contribution < 1.29 is 4.79 Å². The van der Waals surface area contributed by atoms with Gasteiger partial charge in [0.05, 0.1) is 5.69 Å². The van der Waals surface area contributed by atoms with E-state index in [-0.39, 0.29) is 11.8 Å². The molecule has 19 heavy (non-hydrogen) atoms. The van der Waals surface area contributed by atoms with Crippen LogP contribution in [0.2, 0.25) is 0 Å². The number of aromatic nitrogens is 2. The van der Waals surface area contributed by atoms with Gasteiger partial charge >= 0.3 is 0 Å². The second kappa shape index (κ2) is 6.36. The van der Waals surface area contributed by atoms with Crippen LogP contribution in [-0.2, 0) is 11.2 Å². The number of rotatable bonds is 6. The van der Waals surface area contributed by atoms with Crippen molar-refractivity contribution in [2.24, 2.45) is 5.92 Å². The highest BCUT2D eigenvalue weighted by molar-refractivity contribution is 5.78. The lowest BCUT2D eigenvalue weighted by Gasteiger charge is -2.11. The van der Waals surface area contributed by atoms with E-state index in [4.69, 9.17) is 0 Å². The highest BCUT2D eigenvalue weighted by Crippen LogP contribution is 2.07. The van der Waals surface area contributed by atoms with Crippen LogP contribution < -0.4 is 5.32 Å². The molecule has 0 aromatic carbocycles. The number of nitrogens with zero attached hydrogens (tertiary/aromatic N) is 2. The second-order valence-electron chi connectivity index (χ2n) is 4.75. The molecule has 0 aliphatic heterocycles. The Labute approximate surface area is 113 Å². The fourth-order valence-corrected chi connectivity index (χ4v) is 2.23. The Bertz CT molecular complexity index is 510. The number of imidazole rings is 1. The zero-order chi connectivity index (χ0) is 13.7. The summed E-state index contributed by atoms with van der Waals surface area (Å²) in [6, 6.07) is 5.93. The maximum absolute atomic E-state index is 11.8. The van der Waals surface area contributed by atoms with Crippen LogP contribution in [0.1, 0.15) is 32.4 Å². The molecule has 0 aliphatic rings. The Balaban J connectivity index is 1.87. The van der Waals surface area contributed by atoms with E-state index in [9.17, 15) is 4.79 Å². The van der Waals surface area contributed by atoms with E-state index in [0.717, 1.165) is 30.6 Å². The maximum Gasteiger partial charge on any atom is 0.223 e.